The topological polar surface area (TPSA) is 39.7 Å². The number of anilines is 1. The number of nitrogens with one attached hydrogen (secondary N) is 1. The fraction of sp³-hybridized carbons (Fsp3) is 0.294. The van der Waals surface area contributed by atoms with E-state index < -0.39 is 0 Å². The van der Waals surface area contributed by atoms with E-state index in [0.29, 0.717) is 19.8 Å². The molecule has 0 saturated heterocycles. The molecule has 0 unspecified atom stereocenters. The number of ether oxygens (including phenoxy) is 3. The van der Waals surface area contributed by atoms with E-state index in [1.807, 2.05) is 49.4 Å². The summed E-state index contributed by atoms with van der Waals surface area (Å²) in [6.45, 7) is 4.61. The van der Waals surface area contributed by atoms with Crippen molar-refractivity contribution in [1.29, 1.82) is 0 Å². The van der Waals surface area contributed by atoms with Gasteiger partial charge in [-0.1, -0.05) is 12.1 Å². The Morgan fingerprint density at radius 1 is 1.05 bits per heavy atom. The quantitative estimate of drug-likeness (QED) is 0.913. The zero-order valence-corrected chi connectivity index (χ0v) is 12.1. The lowest BCUT2D eigenvalue weighted by atomic mass is 10.2. The minimum Gasteiger partial charge on any atom is -0.494 e. The van der Waals surface area contributed by atoms with Gasteiger partial charge in [-0.25, -0.2) is 0 Å². The maximum atomic E-state index is 5.59. The molecule has 21 heavy (non-hydrogen) atoms. The summed E-state index contributed by atoms with van der Waals surface area (Å²) in [7, 11) is 0. The van der Waals surface area contributed by atoms with E-state index in [1.165, 1.54) is 0 Å². The summed E-state index contributed by atoms with van der Waals surface area (Å²) in [6, 6.07) is 14.0. The highest BCUT2D eigenvalue weighted by Crippen LogP contribution is 2.31. The molecule has 0 saturated carbocycles. The van der Waals surface area contributed by atoms with Crippen LogP contribution in [0.2, 0.25) is 0 Å². The van der Waals surface area contributed by atoms with E-state index in [9.17, 15) is 0 Å². The van der Waals surface area contributed by atoms with Crippen molar-refractivity contribution >= 4 is 5.69 Å². The van der Waals surface area contributed by atoms with Crippen LogP contribution in [0.1, 0.15) is 12.5 Å². The molecule has 0 amide bonds. The Morgan fingerprint density at radius 2 is 1.90 bits per heavy atom. The molecule has 1 N–H and O–H groups in total. The summed E-state index contributed by atoms with van der Waals surface area (Å²) in [4.78, 5) is 0. The summed E-state index contributed by atoms with van der Waals surface area (Å²) in [5.41, 5.74) is 2.19. The fourth-order valence-corrected chi connectivity index (χ4v) is 2.26. The molecule has 0 aliphatic carbocycles. The number of benzene rings is 2. The summed E-state index contributed by atoms with van der Waals surface area (Å²) in [6.07, 6.45) is 0. The molecule has 0 atom stereocenters. The number of hydrogen-bond acceptors (Lipinski definition) is 4. The van der Waals surface area contributed by atoms with Crippen molar-refractivity contribution in [3.8, 4) is 17.2 Å². The van der Waals surface area contributed by atoms with Crippen LogP contribution in [0.25, 0.3) is 0 Å². The van der Waals surface area contributed by atoms with Crippen LogP contribution in [0.15, 0.2) is 42.5 Å². The van der Waals surface area contributed by atoms with Crippen molar-refractivity contribution in [2.45, 2.75) is 13.5 Å². The van der Waals surface area contributed by atoms with Crippen molar-refractivity contribution in [2.75, 3.05) is 25.1 Å². The molecule has 1 aliphatic rings. The summed E-state index contributed by atoms with van der Waals surface area (Å²) < 4.78 is 16.6. The predicted octanol–water partition coefficient (Wildman–Crippen LogP) is 3.47. The summed E-state index contributed by atoms with van der Waals surface area (Å²) in [5.74, 6) is 2.52. The van der Waals surface area contributed by atoms with Gasteiger partial charge in [-0.2, -0.15) is 0 Å². The Balaban J connectivity index is 1.66. The Bertz CT molecular complexity index is 613. The van der Waals surface area contributed by atoms with Gasteiger partial charge >= 0.3 is 0 Å². The molecule has 1 aliphatic heterocycles. The SMILES string of the molecule is CCOc1cccc(NCc2ccc3c(c2)OCCO3)c1. The second-order valence-electron chi connectivity index (χ2n) is 4.79. The molecule has 4 heteroatoms. The largest absolute Gasteiger partial charge is 0.494 e. The highest BCUT2D eigenvalue weighted by Gasteiger charge is 2.11. The normalized spacial score (nSPS) is 12.8. The van der Waals surface area contributed by atoms with Crippen molar-refractivity contribution in [1.82, 2.24) is 0 Å². The maximum Gasteiger partial charge on any atom is 0.161 e. The molecule has 0 fully saturated rings. The number of hydrogen-bond donors (Lipinski definition) is 1. The monoisotopic (exact) mass is 285 g/mol. The first-order chi connectivity index (χ1) is 10.3. The van der Waals surface area contributed by atoms with E-state index in [0.717, 1.165) is 35.0 Å². The highest BCUT2D eigenvalue weighted by molar-refractivity contribution is 5.50. The third kappa shape index (κ3) is 3.40. The molecule has 0 radical (unpaired) electrons. The first-order valence-electron chi connectivity index (χ1n) is 7.20. The fourth-order valence-electron chi connectivity index (χ4n) is 2.26. The van der Waals surface area contributed by atoms with Crippen molar-refractivity contribution in [2.24, 2.45) is 0 Å². The lowest BCUT2D eigenvalue weighted by Crippen LogP contribution is -2.15. The minimum absolute atomic E-state index is 0.611. The van der Waals surface area contributed by atoms with Crippen LogP contribution < -0.4 is 19.5 Å². The zero-order chi connectivity index (χ0) is 14.5. The second kappa shape index (κ2) is 6.39. The number of rotatable bonds is 5. The van der Waals surface area contributed by atoms with Gasteiger partial charge in [-0.05, 0) is 36.8 Å². The first kappa shape index (κ1) is 13.6. The minimum atomic E-state index is 0.611. The standard InChI is InChI=1S/C17H19NO3/c1-2-19-15-5-3-4-14(11-15)18-12-13-6-7-16-17(10-13)21-9-8-20-16/h3-7,10-11,18H,2,8-9,12H2,1H3. The molecular formula is C17H19NO3. The van der Waals surface area contributed by atoms with Gasteiger partial charge in [-0.3, -0.25) is 0 Å². The van der Waals surface area contributed by atoms with E-state index in [1.54, 1.807) is 0 Å². The van der Waals surface area contributed by atoms with E-state index in [2.05, 4.69) is 5.32 Å². The molecule has 1 heterocycles. The van der Waals surface area contributed by atoms with Gasteiger partial charge < -0.3 is 19.5 Å². The van der Waals surface area contributed by atoms with Gasteiger partial charge in [0.2, 0.25) is 0 Å². The maximum absolute atomic E-state index is 5.59. The van der Waals surface area contributed by atoms with E-state index in [4.69, 9.17) is 14.2 Å². The Morgan fingerprint density at radius 3 is 2.76 bits per heavy atom. The van der Waals surface area contributed by atoms with Crippen molar-refractivity contribution in [3.63, 3.8) is 0 Å². The molecular weight excluding hydrogens is 266 g/mol. The van der Waals surface area contributed by atoms with Crippen LogP contribution in [0, 0.1) is 0 Å². The molecule has 2 aromatic rings. The third-order valence-corrected chi connectivity index (χ3v) is 3.25. The van der Waals surface area contributed by atoms with Gasteiger partial charge in [0, 0.05) is 18.3 Å². The molecule has 0 spiro atoms. The van der Waals surface area contributed by atoms with Crippen molar-refractivity contribution in [3.05, 3.63) is 48.0 Å². The Hall–Kier alpha value is -2.36. The lowest BCUT2D eigenvalue weighted by Gasteiger charge is -2.19. The van der Waals surface area contributed by atoms with Crippen LogP contribution in [-0.2, 0) is 6.54 Å². The average Bonchev–Trinajstić information content (AvgIpc) is 2.53. The van der Waals surface area contributed by atoms with Gasteiger partial charge in [0.25, 0.3) is 0 Å². The van der Waals surface area contributed by atoms with Crippen molar-refractivity contribution < 1.29 is 14.2 Å². The summed E-state index contributed by atoms with van der Waals surface area (Å²) >= 11 is 0. The third-order valence-electron chi connectivity index (χ3n) is 3.25. The predicted molar refractivity (Wildman–Crippen MR) is 82.4 cm³/mol. The smallest absolute Gasteiger partial charge is 0.161 e. The van der Waals surface area contributed by atoms with Gasteiger partial charge in [0.1, 0.15) is 19.0 Å². The van der Waals surface area contributed by atoms with E-state index in [-0.39, 0.29) is 0 Å². The van der Waals surface area contributed by atoms with Crippen LogP contribution in [-0.4, -0.2) is 19.8 Å². The zero-order valence-electron chi connectivity index (χ0n) is 12.1. The molecule has 2 aromatic carbocycles. The first-order valence-corrected chi connectivity index (χ1v) is 7.20. The number of fused-ring (bicyclic) bond motifs is 1. The van der Waals surface area contributed by atoms with Gasteiger partial charge in [-0.15, -0.1) is 0 Å². The lowest BCUT2D eigenvalue weighted by molar-refractivity contribution is 0.171. The van der Waals surface area contributed by atoms with Gasteiger partial charge in [0.15, 0.2) is 11.5 Å². The molecule has 3 rings (SSSR count). The van der Waals surface area contributed by atoms with Crippen LogP contribution in [0.5, 0.6) is 17.2 Å². The highest BCUT2D eigenvalue weighted by atomic mass is 16.6. The van der Waals surface area contributed by atoms with Crippen LogP contribution >= 0.6 is 0 Å². The second-order valence-corrected chi connectivity index (χ2v) is 4.79. The molecule has 4 nitrogen and oxygen atoms in total. The Kier molecular flexibility index (Phi) is 4.15. The molecule has 0 aromatic heterocycles. The summed E-state index contributed by atoms with van der Waals surface area (Å²) in [5, 5.41) is 3.39. The average molecular weight is 285 g/mol. The van der Waals surface area contributed by atoms with Gasteiger partial charge in [0.05, 0.1) is 6.61 Å². The molecule has 0 bridgehead atoms. The molecule has 110 valence electrons. The van der Waals surface area contributed by atoms with Crippen LogP contribution in [0.4, 0.5) is 5.69 Å². The Labute approximate surface area is 124 Å². The van der Waals surface area contributed by atoms with Crippen LogP contribution in [0.3, 0.4) is 0 Å². The van der Waals surface area contributed by atoms with E-state index >= 15 is 0 Å².